The van der Waals surface area contributed by atoms with E-state index in [1.54, 1.807) is 6.08 Å². The van der Waals surface area contributed by atoms with Gasteiger partial charge in [-0.3, -0.25) is 0 Å². The normalized spacial score (nSPS) is 21.9. The molecule has 3 nitrogen and oxygen atoms in total. The zero-order valence-corrected chi connectivity index (χ0v) is 8.83. The van der Waals surface area contributed by atoms with E-state index in [9.17, 15) is 4.79 Å². The van der Waals surface area contributed by atoms with Crippen LogP contribution in [0.1, 0.15) is 19.8 Å². The van der Waals surface area contributed by atoms with Gasteiger partial charge in [0.15, 0.2) is 0 Å². The Morgan fingerprint density at radius 3 is 3.07 bits per heavy atom. The highest BCUT2D eigenvalue weighted by Crippen LogP contribution is 2.22. The predicted octanol–water partition coefficient (Wildman–Crippen LogP) is 1.61. The average Bonchev–Trinajstić information content (AvgIpc) is 2.62. The smallest absolute Gasteiger partial charge is 0.235 e. The van der Waals surface area contributed by atoms with E-state index in [1.807, 2.05) is 0 Å². The van der Waals surface area contributed by atoms with Crippen LogP contribution in [0.25, 0.3) is 0 Å². The third kappa shape index (κ3) is 3.44. The van der Waals surface area contributed by atoms with E-state index < -0.39 is 0 Å². The second-order valence-electron chi connectivity index (χ2n) is 3.91. The first kappa shape index (κ1) is 11.2. The Labute approximate surface area is 85.5 Å². The Kier molecular flexibility index (Phi) is 4.57. The molecule has 0 aromatic rings. The second-order valence-corrected chi connectivity index (χ2v) is 3.91. The number of isocyanates is 1. The van der Waals surface area contributed by atoms with Crippen LogP contribution < -0.4 is 0 Å². The second kappa shape index (κ2) is 5.74. The number of nitrogens with zero attached hydrogens (tertiary/aromatic N) is 2. The molecule has 0 spiro atoms. The molecule has 0 radical (unpaired) electrons. The molecule has 1 saturated heterocycles. The summed E-state index contributed by atoms with van der Waals surface area (Å²) < 4.78 is 0. The van der Waals surface area contributed by atoms with Gasteiger partial charge >= 0.3 is 0 Å². The lowest BCUT2D eigenvalue weighted by molar-refractivity contribution is 0.341. The van der Waals surface area contributed by atoms with E-state index in [4.69, 9.17) is 0 Å². The summed E-state index contributed by atoms with van der Waals surface area (Å²) in [5.41, 5.74) is 1.05. The number of rotatable bonds is 5. The molecule has 1 aliphatic rings. The zero-order valence-electron chi connectivity index (χ0n) is 8.83. The Bertz CT molecular complexity index is 244. The van der Waals surface area contributed by atoms with E-state index in [1.165, 1.54) is 19.5 Å². The lowest BCUT2D eigenvalue weighted by Crippen LogP contribution is -2.19. The molecule has 0 N–H and O–H groups in total. The summed E-state index contributed by atoms with van der Waals surface area (Å²) >= 11 is 0. The van der Waals surface area contributed by atoms with Crippen molar-refractivity contribution in [3.05, 3.63) is 12.2 Å². The van der Waals surface area contributed by atoms with Crippen LogP contribution >= 0.6 is 0 Å². The maximum atomic E-state index is 9.90. The number of hydrogen-bond donors (Lipinski definition) is 0. The molecule has 0 aromatic carbocycles. The Morgan fingerprint density at radius 1 is 1.71 bits per heavy atom. The van der Waals surface area contributed by atoms with E-state index in [-0.39, 0.29) is 0 Å². The van der Waals surface area contributed by atoms with Crippen molar-refractivity contribution in [1.82, 2.24) is 4.90 Å². The van der Waals surface area contributed by atoms with Crippen LogP contribution in [-0.2, 0) is 4.79 Å². The highest BCUT2D eigenvalue weighted by atomic mass is 16.1. The Morgan fingerprint density at radius 2 is 2.50 bits per heavy atom. The molecule has 0 bridgehead atoms. The maximum Gasteiger partial charge on any atom is 0.235 e. The molecule has 14 heavy (non-hydrogen) atoms. The molecule has 1 fully saturated rings. The molecule has 0 aliphatic carbocycles. The topological polar surface area (TPSA) is 32.7 Å². The molecular formula is C11H18N2O. The van der Waals surface area contributed by atoms with Gasteiger partial charge in [-0.1, -0.05) is 19.1 Å². The minimum absolute atomic E-state index is 0.451. The lowest BCUT2D eigenvalue weighted by Gasteiger charge is -2.13. The number of aliphatic imine (C=N–C) groups is 1. The summed E-state index contributed by atoms with van der Waals surface area (Å²) in [5, 5.41) is 0. The van der Waals surface area contributed by atoms with Crippen molar-refractivity contribution in [1.29, 1.82) is 0 Å². The molecule has 1 heterocycles. The first-order valence-corrected chi connectivity index (χ1v) is 5.19. The van der Waals surface area contributed by atoms with Gasteiger partial charge in [-0.15, -0.1) is 0 Å². The molecule has 1 atom stereocenters. The largest absolute Gasteiger partial charge is 0.303 e. The summed E-state index contributed by atoms with van der Waals surface area (Å²) in [7, 11) is 0. The van der Waals surface area contributed by atoms with Crippen LogP contribution in [0.5, 0.6) is 0 Å². The van der Waals surface area contributed by atoms with Gasteiger partial charge in [-0.25, -0.2) is 9.79 Å². The number of carbonyl (C=O) groups excluding carboxylic acids is 1. The van der Waals surface area contributed by atoms with Crippen LogP contribution in [0.15, 0.2) is 17.1 Å². The molecule has 0 amide bonds. The van der Waals surface area contributed by atoms with Crippen LogP contribution in [0.3, 0.4) is 0 Å². The summed E-state index contributed by atoms with van der Waals surface area (Å²) in [6, 6.07) is 0. The fourth-order valence-electron chi connectivity index (χ4n) is 1.98. The molecule has 1 unspecified atom stereocenters. The van der Waals surface area contributed by atoms with Gasteiger partial charge in [0, 0.05) is 6.54 Å². The van der Waals surface area contributed by atoms with Crippen molar-refractivity contribution in [3.63, 3.8) is 0 Å². The summed E-state index contributed by atoms with van der Waals surface area (Å²) in [6.45, 7) is 10.1. The predicted molar refractivity (Wildman–Crippen MR) is 57.0 cm³/mol. The van der Waals surface area contributed by atoms with Gasteiger partial charge in [-0.05, 0) is 31.8 Å². The van der Waals surface area contributed by atoms with Gasteiger partial charge in [0.05, 0.1) is 6.54 Å². The monoisotopic (exact) mass is 194 g/mol. The van der Waals surface area contributed by atoms with E-state index in [0.717, 1.165) is 18.5 Å². The minimum Gasteiger partial charge on any atom is -0.303 e. The first-order valence-electron chi connectivity index (χ1n) is 5.19. The number of likely N-dealkylation sites (tertiary alicyclic amines) is 1. The Balaban J connectivity index is 2.25. The molecule has 1 aliphatic heterocycles. The van der Waals surface area contributed by atoms with Gasteiger partial charge in [-0.2, -0.15) is 0 Å². The molecule has 1 rings (SSSR count). The minimum atomic E-state index is 0.451. The highest BCUT2D eigenvalue weighted by Gasteiger charge is 2.21. The quantitative estimate of drug-likeness (QED) is 0.378. The molecule has 0 aromatic heterocycles. The van der Waals surface area contributed by atoms with Gasteiger partial charge in [0.25, 0.3) is 0 Å². The van der Waals surface area contributed by atoms with Crippen molar-refractivity contribution in [2.24, 2.45) is 10.9 Å². The SMILES string of the molecule is C=C(CN=C=O)CC1CCN(CC)C1. The molecule has 3 heteroatoms. The van der Waals surface area contributed by atoms with Crippen molar-refractivity contribution >= 4 is 6.08 Å². The average molecular weight is 194 g/mol. The van der Waals surface area contributed by atoms with Gasteiger partial charge < -0.3 is 4.90 Å². The van der Waals surface area contributed by atoms with Crippen molar-refractivity contribution in [2.75, 3.05) is 26.2 Å². The van der Waals surface area contributed by atoms with E-state index in [2.05, 4.69) is 23.4 Å². The molecular weight excluding hydrogens is 176 g/mol. The summed E-state index contributed by atoms with van der Waals surface area (Å²) in [4.78, 5) is 15.9. The van der Waals surface area contributed by atoms with Crippen molar-refractivity contribution < 1.29 is 4.79 Å². The fourth-order valence-corrected chi connectivity index (χ4v) is 1.98. The standard InChI is InChI=1S/C11H18N2O/c1-3-13-5-4-11(8-13)6-10(2)7-12-9-14/h11H,2-8H2,1H3. The Hall–Kier alpha value is -0.920. The first-order chi connectivity index (χ1) is 6.76. The van der Waals surface area contributed by atoms with E-state index >= 15 is 0 Å². The fraction of sp³-hybridized carbons (Fsp3) is 0.727. The van der Waals surface area contributed by atoms with Crippen molar-refractivity contribution in [3.8, 4) is 0 Å². The third-order valence-electron chi connectivity index (χ3n) is 2.76. The van der Waals surface area contributed by atoms with Crippen LogP contribution in [0.2, 0.25) is 0 Å². The lowest BCUT2D eigenvalue weighted by atomic mass is 10.00. The molecule has 78 valence electrons. The van der Waals surface area contributed by atoms with Crippen LogP contribution in [0, 0.1) is 5.92 Å². The van der Waals surface area contributed by atoms with E-state index in [0.29, 0.717) is 12.5 Å². The van der Waals surface area contributed by atoms with Crippen molar-refractivity contribution in [2.45, 2.75) is 19.8 Å². The van der Waals surface area contributed by atoms with Gasteiger partial charge in [0.1, 0.15) is 0 Å². The van der Waals surface area contributed by atoms with Crippen LogP contribution in [0.4, 0.5) is 0 Å². The maximum absolute atomic E-state index is 9.90. The zero-order chi connectivity index (χ0) is 10.4. The van der Waals surface area contributed by atoms with Crippen LogP contribution in [-0.4, -0.2) is 37.2 Å². The molecule has 0 saturated carbocycles. The highest BCUT2D eigenvalue weighted by molar-refractivity contribution is 5.33. The summed E-state index contributed by atoms with van der Waals surface area (Å²) in [6.07, 6.45) is 3.80. The third-order valence-corrected chi connectivity index (χ3v) is 2.76. The van der Waals surface area contributed by atoms with Gasteiger partial charge in [0.2, 0.25) is 6.08 Å². The number of hydrogen-bond acceptors (Lipinski definition) is 3. The summed E-state index contributed by atoms with van der Waals surface area (Å²) in [5.74, 6) is 0.712.